The van der Waals surface area contributed by atoms with Gasteiger partial charge < -0.3 is 58.0 Å². The Labute approximate surface area is 606 Å². The van der Waals surface area contributed by atoms with Gasteiger partial charge in [-0.25, -0.2) is 9.36 Å². The number of rotatable bonds is 68. The van der Waals surface area contributed by atoms with Crippen LogP contribution >= 0.6 is 7.82 Å². The molecule has 2 fully saturated rings. The van der Waals surface area contributed by atoms with E-state index in [1.165, 1.54) is 102 Å². The molecule has 2 N–H and O–H groups in total. The summed E-state index contributed by atoms with van der Waals surface area (Å²) >= 11 is 0. The number of allylic oxidation sites excluding steroid dienone is 3. The van der Waals surface area contributed by atoms with E-state index in [4.69, 9.17) is 60.9 Å². The van der Waals surface area contributed by atoms with Crippen LogP contribution in [-0.4, -0.2) is 152 Å². The molecule has 0 saturated carbocycles. The van der Waals surface area contributed by atoms with Gasteiger partial charge in [0.25, 0.3) is 0 Å². The summed E-state index contributed by atoms with van der Waals surface area (Å²) in [4.78, 5) is 56.2. The van der Waals surface area contributed by atoms with Crippen molar-refractivity contribution in [2.24, 2.45) is 0 Å². The van der Waals surface area contributed by atoms with Gasteiger partial charge in [-0.15, -0.1) is 13.2 Å². The number of carbonyl (C=O) groups excluding carboxylic acids is 4. The number of carbonyl (C=O) groups is 4. The zero-order valence-corrected chi connectivity index (χ0v) is 64.4. The minimum Gasteiger partial charge on any atom is -0.471 e. The lowest BCUT2D eigenvalue weighted by molar-refractivity contribution is -0.303. The van der Waals surface area contributed by atoms with Crippen LogP contribution < -0.4 is 10.6 Å². The number of hydrogen-bond donors (Lipinski definition) is 2. The van der Waals surface area contributed by atoms with Crippen molar-refractivity contribution in [3.05, 3.63) is 62.5 Å². The van der Waals surface area contributed by atoms with Crippen LogP contribution in [-0.2, 0) is 79.9 Å². The monoisotopic (exact) mass is 1440 g/mol. The van der Waals surface area contributed by atoms with Crippen LogP contribution in [0.4, 0.5) is 4.79 Å². The molecule has 100 heavy (non-hydrogen) atoms. The highest BCUT2D eigenvalue weighted by molar-refractivity contribution is 7.48. The topological polar surface area (TPSA) is 229 Å². The molecule has 2 saturated heterocycles. The minimum absolute atomic E-state index is 0.103. The quantitative estimate of drug-likeness (QED) is 0.0144. The fourth-order valence-electron chi connectivity index (χ4n) is 12.5. The van der Waals surface area contributed by atoms with E-state index in [-0.39, 0.29) is 70.3 Å². The van der Waals surface area contributed by atoms with Gasteiger partial charge in [0.1, 0.15) is 55.0 Å². The van der Waals surface area contributed by atoms with Crippen molar-refractivity contribution in [3.63, 3.8) is 0 Å². The lowest BCUT2D eigenvalue weighted by Gasteiger charge is -2.48. The van der Waals surface area contributed by atoms with Crippen LogP contribution in [0.15, 0.2) is 62.5 Å². The number of nitrogens with one attached hydrogen (secondary N) is 2. The second-order valence-corrected chi connectivity index (χ2v) is 28.5. The van der Waals surface area contributed by atoms with Crippen LogP contribution in [0.5, 0.6) is 0 Å². The molecule has 11 atom stereocenters. The van der Waals surface area contributed by atoms with Gasteiger partial charge in [0, 0.05) is 40.3 Å². The van der Waals surface area contributed by atoms with Gasteiger partial charge >= 0.3 is 14.0 Å². The Morgan fingerprint density at radius 2 is 0.970 bits per heavy atom. The summed E-state index contributed by atoms with van der Waals surface area (Å²) in [5.74, 6) is -1.10. The summed E-state index contributed by atoms with van der Waals surface area (Å²) in [6.07, 6.45) is 39.6. The molecule has 2 aliphatic rings. The summed E-state index contributed by atoms with van der Waals surface area (Å²) in [7, 11) is -1.33. The van der Waals surface area contributed by atoms with Crippen LogP contribution in [0.2, 0.25) is 0 Å². The highest BCUT2D eigenvalue weighted by Crippen LogP contribution is 2.52. The average molecular weight is 1440 g/mol. The maximum absolute atomic E-state index is 14.8. The van der Waals surface area contributed by atoms with Gasteiger partial charge in [-0.3, -0.25) is 28.0 Å². The van der Waals surface area contributed by atoms with E-state index < -0.39 is 94.2 Å². The minimum atomic E-state index is -4.49. The number of hydrogen-bond acceptors (Lipinski definition) is 18. The first-order chi connectivity index (χ1) is 48.8. The smallest absolute Gasteiger partial charge is 0.471 e. The Bertz CT molecular complexity index is 2170. The number of unbranched alkanes of at least 4 members (excludes halogenated alkanes) is 30. The highest BCUT2D eigenvalue weighted by Gasteiger charge is 2.54. The van der Waals surface area contributed by atoms with Gasteiger partial charge in [0.2, 0.25) is 18.1 Å². The molecule has 580 valence electrons. The lowest BCUT2D eigenvalue weighted by atomic mass is 9.95. The molecule has 0 aliphatic carbocycles. The molecule has 0 unspecified atom stereocenters. The van der Waals surface area contributed by atoms with Crippen molar-refractivity contribution in [2.45, 2.75) is 359 Å². The van der Waals surface area contributed by atoms with Crippen molar-refractivity contribution in [2.75, 3.05) is 60.5 Å². The average Bonchev–Trinajstić information content (AvgIpc) is 0.780. The van der Waals surface area contributed by atoms with Crippen LogP contribution in [0.25, 0.3) is 0 Å². The molecule has 0 aromatic rings. The zero-order valence-electron chi connectivity index (χ0n) is 63.5. The molecule has 2 heterocycles. The third-order valence-corrected chi connectivity index (χ3v) is 19.6. The number of ether oxygens (including phenoxy) is 10. The number of phosphoric acid groups is 1. The lowest BCUT2D eigenvalue weighted by Crippen LogP contribution is -2.68. The van der Waals surface area contributed by atoms with Gasteiger partial charge in [-0.05, 0) is 64.7 Å². The number of Topliss-reactive ketones (excluding diaryl/α,β-unsaturated/α-hetero) is 1. The maximum atomic E-state index is 14.8. The Kier molecular flexibility index (Phi) is 57.8. The Balaban J connectivity index is 2.74. The van der Waals surface area contributed by atoms with E-state index in [1.807, 2.05) is 0 Å². The Morgan fingerprint density at radius 1 is 0.500 bits per heavy atom. The summed E-state index contributed by atoms with van der Waals surface area (Å²) in [5.41, 5.74) is 0. The predicted octanol–water partition coefficient (Wildman–Crippen LogP) is 18.8. The first kappa shape index (κ1) is 92.3. The Morgan fingerprint density at radius 3 is 1.52 bits per heavy atom. The number of ketones is 1. The van der Waals surface area contributed by atoms with E-state index >= 15 is 0 Å². The summed E-state index contributed by atoms with van der Waals surface area (Å²) < 4.78 is 96.9. The fourth-order valence-corrected chi connectivity index (χ4v) is 13.8. The molecular weight excluding hydrogens is 1300 g/mol. The Hall–Kier alpha value is -3.79. The van der Waals surface area contributed by atoms with Gasteiger partial charge in [-0.1, -0.05) is 251 Å². The van der Waals surface area contributed by atoms with E-state index in [0.29, 0.717) is 25.7 Å². The van der Waals surface area contributed by atoms with Gasteiger partial charge in [0.05, 0.1) is 45.2 Å². The van der Waals surface area contributed by atoms with E-state index in [1.54, 1.807) is 20.1 Å². The van der Waals surface area contributed by atoms with Crippen molar-refractivity contribution in [1.82, 2.24) is 10.6 Å². The molecule has 0 bridgehead atoms. The second kappa shape index (κ2) is 62.6. The molecule has 20 nitrogen and oxygen atoms in total. The SMILES string of the molecule is C=CCOC(=O)O[C@@H]1[C@H](OCCCCCCCCCC)[C@@H](NC(=O)CC(=O)CCCCCCCCCCC)[C@@H](OC=CC)O[C@@H]1CO[C@@H]1O[C@H](COC)[C@H](OP(=O)(OCC=C)OCC=C)[C@H](OCC[C@@H](CCCCCCC)OC)[C@H]1NC(=O)CCCCCCCCCC=CCCCCCC. The molecule has 0 aromatic carbocycles. The van der Waals surface area contributed by atoms with Crippen LogP contribution in [0.1, 0.15) is 291 Å². The maximum Gasteiger partial charge on any atom is 0.509 e. The first-order valence-corrected chi connectivity index (χ1v) is 40.7. The first-order valence-electron chi connectivity index (χ1n) is 39.3. The van der Waals surface area contributed by atoms with Crippen molar-refractivity contribution in [1.29, 1.82) is 0 Å². The third-order valence-electron chi connectivity index (χ3n) is 18.2. The molecule has 2 amide bonds. The van der Waals surface area contributed by atoms with Crippen LogP contribution in [0.3, 0.4) is 0 Å². The zero-order chi connectivity index (χ0) is 73.0. The third kappa shape index (κ3) is 43.5. The van der Waals surface area contributed by atoms with E-state index in [0.717, 1.165) is 141 Å². The molecule has 0 spiro atoms. The molecular formula is C79H141N2O18P. The highest BCUT2D eigenvalue weighted by atomic mass is 31.2. The number of amides is 2. The normalized spacial score (nSPS) is 21.3. The molecule has 0 aromatic heterocycles. The second-order valence-electron chi connectivity index (χ2n) is 26.9. The number of methoxy groups -OCH3 is 2. The van der Waals surface area contributed by atoms with E-state index in [9.17, 15) is 23.7 Å². The predicted molar refractivity (Wildman–Crippen MR) is 398 cm³/mol. The van der Waals surface area contributed by atoms with Crippen LogP contribution in [0, 0.1) is 0 Å². The van der Waals surface area contributed by atoms with Crippen molar-refractivity contribution < 1.29 is 84.7 Å². The van der Waals surface area contributed by atoms with E-state index in [2.05, 4.69) is 70.2 Å². The standard InChI is InChI=1S/C79H141N2O18P/c1-11-19-23-27-30-33-34-35-36-37-38-40-42-46-50-54-69(83)80-72-76(90-61-55-66(88-10)53-49-44-26-22-14-4)74(99-100(86,94-58-17-7)95-59-18-8)67(63-87-9)96-78(72)93-64-68-73(98-79(85)92-57-16-6)75(89-60-51-47-43-32-29-25-21-13-3)71(77(97-68)91-56-15-5)81-70(84)62-65(82)52-48-45-41-39-31-28-24-20-12-2/h15-18,33-34,56,66-68,71-78H,6-8,11-14,19-32,35-55,57-64H2,1-5,9-10H3,(H,80,83)(H,81,84)/t66-,67-,68-,71-,72-,73+,74+,75-,76-,77+,78-/m1/s1. The summed E-state index contributed by atoms with van der Waals surface area (Å²) in [6, 6.07) is -2.33. The van der Waals surface area contributed by atoms with Gasteiger partial charge in [-0.2, -0.15) is 0 Å². The molecule has 2 aliphatic heterocycles. The summed E-state index contributed by atoms with van der Waals surface area (Å²) in [5, 5.41) is 6.22. The summed E-state index contributed by atoms with van der Waals surface area (Å²) in [6.45, 7) is 21.0. The number of phosphoric ester groups is 1. The van der Waals surface area contributed by atoms with Crippen molar-refractivity contribution >= 4 is 31.6 Å². The van der Waals surface area contributed by atoms with Crippen molar-refractivity contribution in [3.8, 4) is 0 Å². The molecule has 0 radical (unpaired) electrons. The molecule has 21 heteroatoms. The fraction of sp³-hybridized carbons (Fsp3) is 0.823. The largest absolute Gasteiger partial charge is 0.509 e. The molecule has 2 rings (SSSR count). The van der Waals surface area contributed by atoms with Gasteiger partial charge in [0.15, 0.2) is 12.4 Å².